The zero-order valence-electron chi connectivity index (χ0n) is 17.5. The summed E-state index contributed by atoms with van der Waals surface area (Å²) in [5.41, 5.74) is 0.506. The number of hydrogen-bond acceptors (Lipinski definition) is 6. The van der Waals surface area contributed by atoms with Gasteiger partial charge in [0.15, 0.2) is 5.69 Å². The third-order valence-electron chi connectivity index (χ3n) is 5.42. The number of carbonyl (C=O) groups is 2. The molecule has 1 saturated carbocycles. The maximum absolute atomic E-state index is 12.5. The molecule has 0 spiro atoms. The summed E-state index contributed by atoms with van der Waals surface area (Å²) in [7, 11) is 0. The van der Waals surface area contributed by atoms with Gasteiger partial charge in [0.25, 0.3) is 0 Å². The number of benzene rings is 1. The van der Waals surface area contributed by atoms with Gasteiger partial charge in [0.05, 0.1) is 18.2 Å². The van der Waals surface area contributed by atoms with Crippen molar-refractivity contribution in [3.05, 3.63) is 34.7 Å². The van der Waals surface area contributed by atoms with Crippen LogP contribution < -0.4 is 21.6 Å². The van der Waals surface area contributed by atoms with Crippen LogP contribution in [-0.2, 0) is 9.53 Å². The second-order valence-corrected chi connectivity index (χ2v) is 7.47. The minimum atomic E-state index is -0.602. The standard InChI is InChI=1S/C22H29N3O5/c1-3-23-18-16-7-5-6-8-17(16)30-21(27)19(18)25-22(28)24-13-14-9-11-15(12-10-14)20(26)29-4-2/h5-8,14-15,23H,3-4,9-13H2,1-2H3,(H2,24,25,28). The van der Waals surface area contributed by atoms with E-state index in [1.807, 2.05) is 26.0 Å². The van der Waals surface area contributed by atoms with Crippen LogP contribution in [0.1, 0.15) is 39.5 Å². The van der Waals surface area contributed by atoms with Gasteiger partial charge in [0, 0.05) is 18.5 Å². The summed E-state index contributed by atoms with van der Waals surface area (Å²) in [6, 6.07) is 6.73. The maximum atomic E-state index is 12.5. The lowest BCUT2D eigenvalue weighted by atomic mass is 9.82. The molecule has 3 N–H and O–H groups in total. The van der Waals surface area contributed by atoms with Crippen LogP contribution in [0.5, 0.6) is 0 Å². The molecule has 0 atom stereocenters. The maximum Gasteiger partial charge on any atom is 0.362 e. The van der Waals surface area contributed by atoms with E-state index in [9.17, 15) is 14.4 Å². The number of anilines is 2. The average molecular weight is 415 g/mol. The molecule has 1 fully saturated rings. The van der Waals surface area contributed by atoms with E-state index in [0.29, 0.717) is 36.9 Å². The fourth-order valence-electron chi connectivity index (χ4n) is 3.88. The van der Waals surface area contributed by atoms with E-state index in [1.165, 1.54) is 0 Å². The highest BCUT2D eigenvalue weighted by atomic mass is 16.5. The fourth-order valence-corrected chi connectivity index (χ4v) is 3.88. The average Bonchev–Trinajstić information content (AvgIpc) is 2.75. The third kappa shape index (κ3) is 5.11. The van der Waals surface area contributed by atoms with E-state index in [0.717, 1.165) is 31.1 Å². The summed E-state index contributed by atoms with van der Waals surface area (Å²) in [6.45, 7) is 5.20. The van der Waals surface area contributed by atoms with Crippen molar-refractivity contribution in [1.82, 2.24) is 5.32 Å². The molecule has 2 aromatic rings. The lowest BCUT2D eigenvalue weighted by Crippen LogP contribution is -2.36. The molecule has 0 saturated heterocycles. The Morgan fingerprint density at radius 1 is 1.10 bits per heavy atom. The van der Waals surface area contributed by atoms with Crippen molar-refractivity contribution in [2.24, 2.45) is 11.8 Å². The Morgan fingerprint density at radius 2 is 1.83 bits per heavy atom. The van der Waals surface area contributed by atoms with Gasteiger partial charge in [-0.25, -0.2) is 9.59 Å². The van der Waals surface area contributed by atoms with Crippen molar-refractivity contribution in [2.45, 2.75) is 39.5 Å². The van der Waals surface area contributed by atoms with E-state index in [4.69, 9.17) is 9.15 Å². The van der Waals surface area contributed by atoms with Gasteiger partial charge in [0.1, 0.15) is 5.58 Å². The zero-order chi connectivity index (χ0) is 21.5. The molecule has 0 bridgehead atoms. The zero-order valence-corrected chi connectivity index (χ0v) is 17.5. The molecule has 8 heteroatoms. The summed E-state index contributed by atoms with van der Waals surface area (Å²) < 4.78 is 10.4. The Labute approximate surface area is 175 Å². The van der Waals surface area contributed by atoms with Crippen molar-refractivity contribution in [3.63, 3.8) is 0 Å². The molecule has 1 aromatic carbocycles. The predicted molar refractivity (Wildman–Crippen MR) is 116 cm³/mol. The molecule has 30 heavy (non-hydrogen) atoms. The minimum Gasteiger partial charge on any atom is -0.466 e. The van der Waals surface area contributed by atoms with Crippen molar-refractivity contribution >= 4 is 34.3 Å². The topological polar surface area (TPSA) is 110 Å². The number of carbonyl (C=O) groups excluding carboxylic acids is 2. The molecule has 0 aliphatic heterocycles. The van der Waals surface area contributed by atoms with Gasteiger partial charge in [-0.1, -0.05) is 12.1 Å². The van der Waals surface area contributed by atoms with E-state index in [-0.39, 0.29) is 17.6 Å². The first-order valence-corrected chi connectivity index (χ1v) is 10.5. The second kappa shape index (κ2) is 10.1. The normalized spacial score (nSPS) is 18.6. The highest BCUT2D eigenvalue weighted by Gasteiger charge is 2.27. The number of esters is 1. The van der Waals surface area contributed by atoms with Gasteiger partial charge in [-0.2, -0.15) is 0 Å². The van der Waals surface area contributed by atoms with Crippen LogP contribution in [0.15, 0.2) is 33.5 Å². The molecular weight excluding hydrogens is 386 g/mol. The van der Waals surface area contributed by atoms with Crippen LogP contribution in [0, 0.1) is 11.8 Å². The SMILES string of the molecule is CCNc1c(NC(=O)NCC2CCC(C(=O)OCC)CC2)c(=O)oc2ccccc12. The van der Waals surface area contributed by atoms with Gasteiger partial charge >= 0.3 is 17.6 Å². The first-order valence-electron chi connectivity index (χ1n) is 10.5. The van der Waals surface area contributed by atoms with Gasteiger partial charge < -0.3 is 19.8 Å². The van der Waals surface area contributed by atoms with Gasteiger partial charge in [-0.15, -0.1) is 0 Å². The number of fused-ring (bicyclic) bond motifs is 1. The number of amides is 2. The van der Waals surface area contributed by atoms with Crippen LogP contribution >= 0.6 is 0 Å². The number of rotatable bonds is 7. The summed E-state index contributed by atoms with van der Waals surface area (Å²) in [6.07, 6.45) is 3.24. The summed E-state index contributed by atoms with van der Waals surface area (Å²) >= 11 is 0. The molecule has 1 heterocycles. The summed E-state index contributed by atoms with van der Waals surface area (Å²) in [5.74, 6) is 0.128. The molecule has 162 valence electrons. The fraction of sp³-hybridized carbons (Fsp3) is 0.500. The Kier molecular flexibility index (Phi) is 7.32. The number of nitrogens with one attached hydrogen (secondary N) is 3. The van der Waals surface area contributed by atoms with Gasteiger partial charge in [-0.3, -0.25) is 10.1 Å². The van der Waals surface area contributed by atoms with Gasteiger partial charge in [0.2, 0.25) is 0 Å². The van der Waals surface area contributed by atoms with Crippen molar-refractivity contribution in [1.29, 1.82) is 0 Å². The smallest absolute Gasteiger partial charge is 0.362 e. The number of hydrogen-bond donors (Lipinski definition) is 3. The van der Waals surface area contributed by atoms with E-state index >= 15 is 0 Å². The minimum absolute atomic E-state index is 0.0417. The Bertz CT molecular complexity index is 947. The van der Waals surface area contributed by atoms with Crippen molar-refractivity contribution < 1.29 is 18.7 Å². The Morgan fingerprint density at radius 3 is 2.53 bits per heavy atom. The predicted octanol–water partition coefficient (Wildman–Crippen LogP) is 3.72. The molecule has 8 nitrogen and oxygen atoms in total. The number of ether oxygens (including phenoxy) is 1. The summed E-state index contributed by atoms with van der Waals surface area (Å²) in [4.78, 5) is 36.7. The van der Waals surface area contributed by atoms with E-state index in [1.54, 1.807) is 12.1 Å². The van der Waals surface area contributed by atoms with Crippen LogP contribution in [0.25, 0.3) is 11.0 Å². The van der Waals surface area contributed by atoms with Crippen LogP contribution in [0.2, 0.25) is 0 Å². The monoisotopic (exact) mass is 415 g/mol. The molecule has 0 radical (unpaired) electrons. The van der Waals surface area contributed by atoms with Crippen LogP contribution in [0.3, 0.4) is 0 Å². The molecule has 3 rings (SSSR count). The van der Waals surface area contributed by atoms with Crippen LogP contribution in [-0.4, -0.2) is 31.7 Å². The molecule has 1 aliphatic carbocycles. The van der Waals surface area contributed by atoms with Gasteiger partial charge in [-0.05, 0) is 57.6 Å². The quantitative estimate of drug-likeness (QED) is 0.470. The van der Waals surface area contributed by atoms with Crippen molar-refractivity contribution in [2.75, 3.05) is 30.3 Å². The highest BCUT2D eigenvalue weighted by molar-refractivity contribution is 6.01. The highest BCUT2D eigenvalue weighted by Crippen LogP contribution is 2.30. The Hall–Kier alpha value is -3.03. The first kappa shape index (κ1) is 21.7. The molecule has 1 aliphatic rings. The molecule has 0 unspecified atom stereocenters. The van der Waals surface area contributed by atoms with E-state index in [2.05, 4.69) is 16.0 Å². The largest absolute Gasteiger partial charge is 0.466 e. The Balaban J connectivity index is 1.60. The van der Waals surface area contributed by atoms with Crippen LogP contribution in [0.4, 0.5) is 16.2 Å². The van der Waals surface area contributed by atoms with Crippen molar-refractivity contribution in [3.8, 4) is 0 Å². The second-order valence-electron chi connectivity index (χ2n) is 7.47. The summed E-state index contributed by atoms with van der Waals surface area (Å²) in [5, 5.41) is 9.36. The lowest BCUT2D eigenvalue weighted by Gasteiger charge is -2.27. The number of urea groups is 1. The third-order valence-corrected chi connectivity index (χ3v) is 5.42. The molecule has 1 aromatic heterocycles. The molecular formula is C22H29N3O5. The lowest BCUT2D eigenvalue weighted by molar-refractivity contribution is -0.149. The first-order chi connectivity index (χ1) is 14.5. The number of para-hydroxylation sites is 1. The molecule has 2 amide bonds. The van der Waals surface area contributed by atoms with E-state index < -0.39 is 11.7 Å².